The van der Waals surface area contributed by atoms with Crippen molar-refractivity contribution >= 4 is 11.8 Å². The molecule has 0 aromatic carbocycles. The highest BCUT2D eigenvalue weighted by Crippen LogP contribution is 2.38. The van der Waals surface area contributed by atoms with E-state index in [0.29, 0.717) is 12.1 Å². The Balaban J connectivity index is 1.51. The smallest absolute Gasteiger partial charge is 0.0713 e. The normalized spacial score (nSPS) is 33.1. The van der Waals surface area contributed by atoms with Gasteiger partial charge in [-0.3, -0.25) is 0 Å². The SMILES string of the molecule is C[C@@H](NC1CCOC2(CCSCC2)C1)C1CCCCC1. The topological polar surface area (TPSA) is 21.3 Å². The first-order valence-corrected chi connectivity index (χ1v) is 9.91. The number of thioether (sulfide) groups is 1. The van der Waals surface area contributed by atoms with Crippen molar-refractivity contribution in [1.29, 1.82) is 0 Å². The standard InChI is InChI=1S/C17H31NOS/c1-14(15-5-3-2-4-6-15)18-16-7-10-19-17(13-16)8-11-20-12-9-17/h14-16,18H,2-13H2,1H3/t14-,16?/m1/s1. The van der Waals surface area contributed by atoms with Gasteiger partial charge in [-0.25, -0.2) is 0 Å². The van der Waals surface area contributed by atoms with Crippen LogP contribution in [-0.2, 0) is 4.74 Å². The minimum atomic E-state index is 0.230. The first-order valence-electron chi connectivity index (χ1n) is 8.75. The summed E-state index contributed by atoms with van der Waals surface area (Å²) in [5, 5.41) is 3.97. The Labute approximate surface area is 128 Å². The van der Waals surface area contributed by atoms with Crippen LogP contribution in [0.4, 0.5) is 0 Å². The fourth-order valence-corrected chi connectivity index (χ4v) is 5.64. The summed E-state index contributed by atoms with van der Waals surface area (Å²) >= 11 is 2.10. The highest BCUT2D eigenvalue weighted by atomic mass is 32.2. The molecule has 2 atom stereocenters. The fraction of sp³-hybridized carbons (Fsp3) is 1.00. The molecule has 1 aliphatic carbocycles. The largest absolute Gasteiger partial charge is 0.375 e. The number of hydrogen-bond donors (Lipinski definition) is 1. The van der Waals surface area contributed by atoms with Gasteiger partial charge in [-0.15, -0.1) is 0 Å². The Morgan fingerprint density at radius 1 is 1.10 bits per heavy atom. The molecule has 0 amide bonds. The zero-order valence-corrected chi connectivity index (χ0v) is 13.9. The molecule has 116 valence electrons. The van der Waals surface area contributed by atoms with Crippen molar-refractivity contribution in [1.82, 2.24) is 5.32 Å². The van der Waals surface area contributed by atoms with E-state index in [9.17, 15) is 0 Å². The van der Waals surface area contributed by atoms with E-state index in [1.165, 1.54) is 69.3 Å². The molecule has 1 N–H and O–H groups in total. The predicted molar refractivity (Wildman–Crippen MR) is 87.4 cm³/mol. The van der Waals surface area contributed by atoms with Gasteiger partial charge in [-0.1, -0.05) is 19.3 Å². The maximum Gasteiger partial charge on any atom is 0.0713 e. The summed E-state index contributed by atoms with van der Waals surface area (Å²) in [5.41, 5.74) is 0.230. The minimum absolute atomic E-state index is 0.230. The van der Waals surface area contributed by atoms with E-state index < -0.39 is 0 Å². The average Bonchev–Trinajstić information content (AvgIpc) is 2.49. The van der Waals surface area contributed by atoms with Crippen molar-refractivity contribution < 1.29 is 4.74 Å². The van der Waals surface area contributed by atoms with Crippen molar-refractivity contribution in [3.8, 4) is 0 Å². The van der Waals surface area contributed by atoms with Crippen molar-refractivity contribution in [3.05, 3.63) is 0 Å². The van der Waals surface area contributed by atoms with Gasteiger partial charge < -0.3 is 10.1 Å². The summed E-state index contributed by atoms with van der Waals surface area (Å²) in [7, 11) is 0. The van der Waals surface area contributed by atoms with E-state index in [2.05, 4.69) is 24.0 Å². The van der Waals surface area contributed by atoms with Crippen LogP contribution >= 0.6 is 11.8 Å². The molecule has 3 heteroatoms. The third-order valence-corrected chi connectivity index (χ3v) is 6.74. The maximum atomic E-state index is 6.21. The molecule has 3 aliphatic rings. The van der Waals surface area contributed by atoms with E-state index in [0.717, 1.165) is 12.5 Å². The Kier molecular flexibility index (Phi) is 5.33. The summed E-state index contributed by atoms with van der Waals surface area (Å²) in [4.78, 5) is 0. The minimum Gasteiger partial charge on any atom is -0.375 e. The fourth-order valence-electron chi connectivity index (χ4n) is 4.40. The van der Waals surface area contributed by atoms with Crippen LogP contribution in [0.2, 0.25) is 0 Å². The van der Waals surface area contributed by atoms with Gasteiger partial charge in [0, 0.05) is 18.7 Å². The molecule has 0 aromatic rings. The number of nitrogens with one attached hydrogen (secondary N) is 1. The lowest BCUT2D eigenvalue weighted by Gasteiger charge is -2.44. The summed E-state index contributed by atoms with van der Waals surface area (Å²) in [5.74, 6) is 3.51. The van der Waals surface area contributed by atoms with Crippen molar-refractivity contribution in [3.63, 3.8) is 0 Å². The molecule has 3 fully saturated rings. The molecular weight excluding hydrogens is 266 g/mol. The van der Waals surface area contributed by atoms with Gasteiger partial charge >= 0.3 is 0 Å². The van der Waals surface area contributed by atoms with Crippen LogP contribution in [-0.4, -0.2) is 35.8 Å². The highest BCUT2D eigenvalue weighted by molar-refractivity contribution is 7.99. The second kappa shape index (κ2) is 7.02. The van der Waals surface area contributed by atoms with Crippen molar-refractivity contribution in [2.45, 2.75) is 82.4 Å². The third-order valence-electron chi connectivity index (χ3n) is 5.75. The quantitative estimate of drug-likeness (QED) is 0.851. The lowest BCUT2D eigenvalue weighted by atomic mass is 9.82. The summed E-state index contributed by atoms with van der Waals surface area (Å²) in [6.45, 7) is 3.40. The van der Waals surface area contributed by atoms with Gasteiger partial charge in [-0.2, -0.15) is 11.8 Å². The van der Waals surface area contributed by atoms with Crippen LogP contribution < -0.4 is 5.32 Å². The van der Waals surface area contributed by atoms with Gasteiger partial charge in [0.2, 0.25) is 0 Å². The summed E-state index contributed by atoms with van der Waals surface area (Å²) < 4.78 is 6.21. The maximum absolute atomic E-state index is 6.21. The molecule has 1 spiro atoms. The monoisotopic (exact) mass is 297 g/mol. The zero-order valence-electron chi connectivity index (χ0n) is 13.0. The molecule has 0 aromatic heterocycles. The first-order chi connectivity index (χ1) is 9.77. The predicted octanol–water partition coefficient (Wildman–Crippen LogP) is 3.99. The number of ether oxygens (including phenoxy) is 1. The summed E-state index contributed by atoms with van der Waals surface area (Å²) in [6, 6.07) is 1.40. The molecule has 1 unspecified atom stereocenters. The van der Waals surface area contributed by atoms with E-state index in [1.54, 1.807) is 0 Å². The first kappa shape index (κ1) is 15.2. The van der Waals surface area contributed by atoms with Crippen molar-refractivity contribution in [2.24, 2.45) is 5.92 Å². The molecule has 2 nitrogen and oxygen atoms in total. The van der Waals surface area contributed by atoms with Crippen LogP contribution in [0.1, 0.15) is 64.7 Å². The molecular formula is C17H31NOS. The Bertz CT molecular complexity index is 292. The van der Waals surface area contributed by atoms with Crippen LogP contribution in [0.3, 0.4) is 0 Å². The van der Waals surface area contributed by atoms with E-state index in [4.69, 9.17) is 4.74 Å². The van der Waals surface area contributed by atoms with Crippen LogP contribution in [0.5, 0.6) is 0 Å². The Hall–Kier alpha value is 0.270. The lowest BCUT2D eigenvalue weighted by Crippen LogP contribution is -2.51. The van der Waals surface area contributed by atoms with E-state index >= 15 is 0 Å². The van der Waals surface area contributed by atoms with Crippen LogP contribution in [0.25, 0.3) is 0 Å². The van der Waals surface area contributed by atoms with Gasteiger partial charge in [0.1, 0.15) is 0 Å². The van der Waals surface area contributed by atoms with Crippen molar-refractivity contribution in [2.75, 3.05) is 18.1 Å². The van der Waals surface area contributed by atoms with Crippen LogP contribution in [0, 0.1) is 5.92 Å². The van der Waals surface area contributed by atoms with Gasteiger partial charge in [-0.05, 0) is 62.9 Å². The molecule has 2 aliphatic heterocycles. The number of hydrogen-bond acceptors (Lipinski definition) is 3. The summed E-state index contributed by atoms with van der Waals surface area (Å²) in [6.07, 6.45) is 12.3. The van der Waals surface area contributed by atoms with Gasteiger partial charge in [0.15, 0.2) is 0 Å². The third kappa shape index (κ3) is 3.72. The molecule has 1 saturated carbocycles. The second-order valence-corrected chi connectivity index (χ2v) is 8.41. The van der Waals surface area contributed by atoms with Gasteiger partial charge in [0.05, 0.1) is 5.60 Å². The second-order valence-electron chi connectivity index (χ2n) is 7.19. The molecule has 2 heterocycles. The van der Waals surface area contributed by atoms with Crippen LogP contribution in [0.15, 0.2) is 0 Å². The Morgan fingerprint density at radius 3 is 2.60 bits per heavy atom. The molecule has 0 radical (unpaired) electrons. The van der Waals surface area contributed by atoms with Gasteiger partial charge in [0.25, 0.3) is 0 Å². The zero-order chi connectivity index (χ0) is 13.8. The molecule has 20 heavy (non-hydrogen) atoms. The molecule has 3 rings (SSSR count). The lowest BCUT2D eigenvalue weighted by molar-refractivity contribution is -0.0947. The highest BCUT2D eigenvalue weighted by Gasteiger charge is 2.39. The van der Waals surface area contributed by atoms with E-state index in [1.807, 2.05) is 0 Å². The molecule has 2 saturated heterocycles. The Morgan fingerprint density at radius 2 is 1.85 bits per heavy atom. The number of rotatable bonds is 3. The van der Waals surface area contributed by atoms with E-state index in [-0.39, 0.29) is 5.60 Å². The average molecular weight is 298 g/mol. The molecule has 0 bridgehead atoms.